The van der Waals surface area contributed by atoms with Crippen molar-refractivity contribution in [2.24, 2.45) is 5.73 Å². The Kier molecular flexibility index (Phi) is 3.84. The Morgan fingerprint density at radius 3 is 2.29 bits per heavy atom. The zero-order valence-corrected chi connectivity index (χ0v) is 11.1. The molecule has 17 heavy (non-hydrogen) atoms. The molecule has 1 unspecified atom stereocenters. The van der Waals surface area contributed by atoms with Gasteiger partial charge in [0.1, 0.15) is 0 Å². The smallest absolute Gasteiger partial charge is 0.304 e. The standard InChI is InChI=1S/C13H18ClNO2/c1-12(2,15)13(3,8-11(16)17)9-6-4-5-7-10(9)14/h4-7H,8,15H2,1-3H3,(H,16,17). The maximum atomic E-state index is 11.0. The summed E-state index contributed by atoms with van der Waals surface area (Å²) >= 11 is 6.15. The van der Waals surface area contributed by atoms with Crippen LogP contribution in [0.3, 0.4) is 0 Å². The van der Waals surface area contributed by atoms with Crippen molar-refractivity contribution < 1.29 is 9.90 Å². The minimum atomic E-state index is -0.883. The average molecular weight is 256 g/mol. The highest BCUT2D eigenvalue weighted by Gasteiger charge is 2.42. The summed E-state index contributed by atoms with van der Waals surface area (Å²) in [4.78, 5) is 11.0. The molecule has 0 radical (unpaired) electrons. The molecular weight excluding hydrogens is 238 g/mol. The lowest BCUT2D eigenvalue weighted by atomic mass is 9.66. The van der Waals surface area contributed by atoms with Crippen LogP contribution in [0.15, 0.2) is 24.3 Å². The number of halogens is 1. The number of hydrogen-bond donors (Lipinski definition) is 2. The molecule has 0 saturated heterocycles. The molecule has 3 nitrogen and oxygen atoms in total. The first-order valence-corrected chi connectivity index (χ1v) is 5.82. The zero-order chi connectivity index (χ0) is 13.3. The van der Waals surface area contributed by atoms with E-state index in [1.54, 1.807) is 6.07 Å². The molecule has 0 saturated carbocycles. The lowest BCUT2D eigenvalue weighted by Crippen LogP contribution is -2.53. The molecular formula is C13H18ClNO2. The lowest BCUT2D eigenvalue weighted by molar-refractivity contribution is -0.139. The van der Waals surface area contributed by atoms with Crippen LogP contribution in [0, 0.1) is 0 Å². The third-order valence-electron chi connectivity index (χ3n) is 3.40. The van der Waals surface area contributed by atoms with Gasteiger partial charge in [0.2, 0.25) is 0 Å². The second-order valence-corrected chi connectivity index (χ2v) is 5.51. The fourth-order valence-electron chi connectivity index (χ4n) is 1.88. The van der Waals surface area contributed by atoms with Gasteiger partial charge in [0.05, 0.1) is 6.42 Å². The summed E-state index contributed by atoms with van der Waals surface area (Å²) in [5.41, 5.74) is 5.52. The molecule has 0 fully saturated rings. The van der Waals surface area contributed by atoms with Crippen molar-refractivity contribution in [3.8, 4) is 0 Å². The molecule has 0 bridgehead atoms. The van der Waals surface area contributed by atoms with Gasteiger partial charge in [-0.1, -0.05) is 36.7 Å². The zero-order valence-electron chi connectivity index (χ0n) is 10.3. The molecule has 0 aliphatic carbocycles. The van der Waals surface area contributed by atoms with Gasteiger partial charge in [-0.15, -0.1) is 0 Å². The number of benzene rings is 1. The van der Waals surface area contributed by atoms with Crippen LogP contribution >= 0.6 is 11.6 Å². The van der Waals surface area contributed by atoms with E-state index in [1.165, 1.54) is 0 Å². The molecule has 4 heteroatoms. The lowest BCUT2D eigenvalue weighted by Gasteiger charge is -2.41. The number of carboxylic acids is 1. The second kappa shape index (κ2) is 4.67. The summed E-state index contributed by atoms with van der Waals surface area (Å²) in [7, 11) is 0. The van der Waals surface area contributed by atoms with Gasteiger partial charge in [-0.2, -0.15) is 0 Å². The number of rotatable bonds is 4. The van der Waals surface area contributed by atoms with E-state index in [1.807, 2.05) is 39.0 Å². The molecule has 1 atom stereocenters. The van der Waals surface area contributed by atoms with Crippen LogP contribution in [0.2, 0.25) is 5.02 Å². The Bertz CT molecular complexity index is 426. The Hall–Kier alpha value is -1.06. The molecule has 94 valence electrons. The first-order valence-electron chi connectivity index (χ1n) is 5.44. The summed E-state index contributed by atoms with van der Waals surface area (Å²) in [6.45, 7) is 5.47. The van der Waals surface area contributed by atoms with Crippen LogP contribution in [-0.2, 0) is 10.2 Å². The normalized spacial score (nSPS) is 15.4. The van der Waals surface area contributed by atoms with Crippen LogP contribution in [0.5, 0.6) is 0 Å². The topological polar surface area (TPSA) is 63.3 Å². The molecule has 0 heterocycles. The van der Waals surface area contributed by atoms with Gasteiger partial charge >= 0.3 is 5.97 Å². The molecule has 1 aromatic rings. The van der Waals surface area contributed by atoms with Crippen molar-refractivity contribution >= 4 is 17.6 Å². The van der Waals surface area contributed by atoms with E-state index in [-0.39, 0.29) is 6.42 Å². The summed E-state index contributed by atoms with van der Waals surface area (Å²) in [5.74, 6) is -0.883. The molecule has 0 aliphatic rings. The number of nitrogens with two attached hydrogens (primary N) is 1. The van der Waals surface area contributed by atoms with Gasteiger partial charge in [-0.25, -0.2) is 0 Å². The SMILES string of the molecule is CC(C)(N)C(C)(CC(=O)O)c1ccccc1Cl. The van der Waals surface area contributed by atoms with Gasteiger partial charge in [0.15, 0.2) is 0 Å². The molecule has 0 aromatic heterocycles. The number of hydrogen-bond acceptors (Lipinski definition) is 2. The predicted molar refractivity (Wildman–Crippen MR) is 69.3 cm³/mol. The Morgan fingerprint density at radius 2 is 1.88 bits per heavy atom. The van der Waals surface area contributed by atoms with E-state index in [2.05, 4.69) is 0 Å². The third kappa shape index (κ3) is 2.79. The van der Waals surface area contributed by atoms with Crippen molar-refractivity contribution in [3.63, 3.8) is 0 Å². The van der Waals surface area contributed by atoms with E-state index < -0.39 is 16.9 Å². The summed E-state index contributed by atoms with van der Waals surface area (Å²) in [5, 5.41) is 9.62. The fourth-order valence-corrected chi connectivity index (χ4v) is 2.23. The van der Waals surface area contributed by atoms with E-state index in [0.717, 1.165) is 5.56 Å². The molecule has 0 aliphatic heterocycles. The van der Waals surface area contributed by atoms with E-state index in [9.17, 15) is 4.79 Å². The minimum Gasteiger partial charge on any atom is -0.481 e. The Balaban J connectivity index is 3.35. The Morgan fingerprint density at radius 1 is 1.35 bits per heavy atom. The van der Waals surface area contributed by atoms with Crippen molar-refractivity contribution in [3.05, 3.63) is 34.9 Å². The number of carbonyl (C=O) groups is 1. The predicted octanol–water partition coefficient (Wildman–Crippen LogP) is 2.81. The summed E-state index contributed by atoms with van der Waals surface area (Å²) < 4.78 is 0. The van der Waals surface area contributed by atoms with Crippen LogP contribution in [0.1, 0.15) is 32.8 Å². The Labute approximate surface area is 107 Å². The van der Waals surface area contributed by atoms with Gasteiger partial charge in [0, 0.05) is 16.0 Å². The summed E-state index contributed by atoms with van der Waals surface area (Å²) in [6, 6.07) is 7.24. The first kappa shape index (κ1) is 14.0. The van der Waals surface area contributed by atoms with Crippen LogP contribution in [-0.4, -0.2) is 16.6 Å². The van der Waals surface area contributed by atoms with Crippen LogP contribution in [0.25, 0.3) is 0 Å². The minimum absolute atomic E-state index is 0.0553. The highest BCUT2D eigenvalue weighted by Crippen LogP contribution is 2.40. The van der Waals surface area contributed by atoms with Gasteiger partial charge in [-0.3, -0.25) is 4.79 Å². The van der Waals surface area contributed by atoms with Crippen molar-refractivity contribution in [2.75, 3.05) is 0 Å². The molecule has 1 rings (SSSR count). The van der Waals surface area contributed by atoms with Gasteiger partial charge in [0.25, 0.3) is 0 Å². The van der Waals surface area contributed by atoms with E-state index >= 15 is 0 Å². The molecule has 1 aromatic carbocycles. The second-order valence-electron chi connectivity index (χ2n) is 5.10. The highest BCUT2D eigenvalue weighted by molar-refractivity contribution is 6.31. The van der Waals surface area contributed by atoms with Crippen molar-refractivity contribution in [1.82, 2.24) is 0 Å². The van der Waals surface area contributed by atoms with Gasteiger partial charge in [-0.05, 0) is 25.5 Å². The van der Waals surface area contributed by atoms with Crippen LogP contribution < -0.4 is 5.73 Å². The molecule has 0 amide bonds. The maximum absolute atomic E-state index is 11.0. The largest absolute Gasteiger partial charge is 0.481 e. The summed E-state index contributed by atoms with van der Waals surface area (Å²) in [6.07, 6.45) is -0.0553. The quantitative estimate of drug-likeness (QED) is 0.870. The molecule has 0 spiro atoms. The first-order chi connectivity index (χ1) is 7.68. The van der Waals surface area contributed by atoms with Gasteiger partial charge < -0.3 is 10.8 Å². The van der Waals surface area contributed by atoms with Crippen molar-refractivity contribution in [2.45, 2.75) is 38.1 Å². The number of aliphatic carboxylic acids is 1. The third-order valence-corrected chi connectivity index (χ3v) is 3.72. The monoisotopic (exact) mass is 255 g/mol. The van der Waals surface area contributed by atoms with E-state index in [0.29, 0.717) is 5.02 Å². The average Bonchev–Trinajstić information content (AvgIpc) is 2.15. The molecule has 3 N–H and O–H groups in total. The van der Waals surface area contributed by atoms with E-state index in [4.69, 9.17) is 22.4 Å². The highest BCUT2D eigenvalue weighted by atomic mass is 35.5. The maximum Gasteiger partial charge on any atom is 0.304 e. The fraction of sp³-hybridized carbons (Fsp3) is 0.462. The number of carboxylic acid groups (broad SMARTS) is 1. The van der Waals surface area contributed by atoms with Crippen molar-refractivity contribution in [1.29, 1.82) is 0 Å². The van der Waals surface area contributed by atoms with Crippen LogP contribution in [0.4, 0.5) is 0 Å².